The highest BCUT2D eigenvalue weighted by molar-refractivity contribution is 5.79. The van der Waals surface area contributed by atoms with E-state index in [1.165, 1.54) is 6.92 Å². The van der Waals surface area contributed by atoms with Crippen LogP contribution in [-0.2, 0) is 9.59 Å². The molecule has 0 aromatic rings. The van der Waals surface area contributed by atoms with E-state index in [1.807, 2.05) is 37.3 Å². The molecule has 29 heavy (non-hydrogen) atoms. The highest BCUT2D eigenvalue weighted by atomic mass is 16.4. The minimum Gasteiger partial charge on any atom is -0.481 e. The van der Waals surface area contributed by atoms with Gasteiger partial charge in [-0.1, -0.05) is 55.5 Å². The Labute approximate surface area is 174 Å². The lowest BCUT2D eigenvalue weighted by Crippen LogP contribution is -2.33. The van der Waals surface area contributed by atoms with Crippen molar-refractivity contribution >= 4 is 11.8 Å². The van der Waals surface area contributed by atoms with Crippen LogP contribution in [0.1, 0.15) is 52.4 Å². The van der Waals surface area contributed by atoms with Crippen molar-refractivity contribution in [1.29, 1.82) is 0 Å². The number of hydrogen-bond donors (Lipinski definition) is 4. The second kappa shape index (κ2) is 16.9. The molecule has 4 N–H and O–H groups in total. The number of aliphatic hydroxyl groups is 3. The van der Waals surface area contributed by atoms with Crippen LogP contribution in [0.2, 0.25) is 0 Å². The van der Waals surface area contributed by atoms with Crippen molar-refractivity contribution in [2.75, 3.05) is 6.61 Å². The van der Waals surface area contributed by atoms with Crippen molar-refractivity contribution in [3.8, 4) is 0 Å². The fraction of sp³-hybridized carbons (Fsp3) is 0.565. The summed E-state index contributed by atoms with van der Waals surface area (Å²) in [6.45, 7) is 2.99. The summed E-state index contributed by atoms with van der Waals surface area (Å²) in [7, 11) is 0. The number of carbonyl (C=O) groups excluding carboxylic acids is 1. The quantitative estimate of drug-likeness (QED) is 0.292. The van der Waals surface area contributed by atoms with Gasteiger partial charge in [-0.15, -0.1) is 0 Å². The van der Waals surface area contributed by atoms with E-state index in [0.29, 0.717) is 25.7 Å². The van der Waals surface area contributed by atoms with Gasteiger partial charge in [-0.3, -0.25) is 9.59 Å². The Kier molecular flexibility index (Phi) is 15.7. The molecule has 0 aliphatic carbocycles. The summed E-state index contributed by atoms with van der Waals surface area (Å²) in [4.78, 5) is 22.6. The number of rotatable bonds is 16. The Morgan fingerprint density at radius 1 is 0.931 bits per heavy atom. The SMILES string of the molecule is CC/C=C\CC(O)/C=C/[C@@H](C(C/C=C\C/C=C\CCC(=O)O)C(C)=O)[C@H](O)CO. The number of carboxylic acid groups (broad SMARTS) is 1. The van der Waals surface area contributed by atoms with Crippen LogP contribution in [0, 0.1) is 11.8 Å². The monoisotopic (exact) mass is 408 g/mol. The molecule has 0 aliphatic rings. The van der Waals surface area contributed by atoms with Crippen LogP contribution < -0.4 is 0 Å². The predicted octanol–water partition coefficient (Wildman–Crippen LogP) is 3.19. The molecular weight excluding hydrogens is 372 g/mol. The third kappa shape index (κ3) is 13.7. The first-order valence-electron chi connectivity index (χ1n) is 10.2. The van der Waals surface area contributed by atoms with Gasteiger partial charge in [-0.2, -0.15) is 0 Å². The molecule has 6 heteroatoms. The molecule has 0 saturated heterocycles. The number of aliphatic hydroxyl groups excluding tert-OH is 3. The number of hydrogen-bond acceptors (Lipinski definition) is 5. The molecule has 4 atom stereocenters. The summed E-state index contributed by atoms with van der Waals surface area (Å²) in [5, 5.41) is 38.1. The third-order valence-corrected chi connectivity index (χ3v) is 4.47. The van der Waals surface area contributed by atoms with Crippen LogP contribution >= 0.6 is 0 Å². The van der Waals surface area contributed by atoms with E-state index in [-0.39, 0.29) is 12.2 Å². The molecule has 6 nitrogen and oxygen atoms in total. The Hall–Kier alpha value is -2.02. The summed E-state index contributed by atoms with van der Waals surface area (Å²) in [6.07, 6.45) is 15.5. The minimum absolute atomic E-state index is 0.0970. The number of carbonyl (C=O) groups is 2. The maximum atomic E-state index is 12.1. The largest absolute Gasteiger partial charge is 0.481 e. The molecule has 0 radical (unpaired) electrons. The number of Topliss-reactive ketones (excluding diaryl/α,β-unsaturated/α-hetero) is 1. The summed E-state index contributed by atoms with van der Waals surface area (Å²) >= 11 is 0. The Morgan fingerprint density at radius 3 is 2.17 bits per heavy atom. The van der Waals surface area contributed by atoms with Gasteiger partial charge in [0.15, 0.2) is 0 Å². The average Bonchev–Trinajstić information content (AvgIpc) is 2.67. The lowest BCUT2D eigenvalue weighted by molar-refractivity contribution is -0.136. The van der Waals surface area contributed by atoms with E-state index in [0.717, 1.165) is 6.42 Å². The molecule has 164 valence electrons. The van der Waals surface area contributed by atoms with Gasteiger partial charge in [-0.25, -0.2) is 0 Å². The second-order valence-corrected chi connectivity index (χ2v) is 6.96. The first-order chi connectivity index (χ1) is 13.8. The maximum absolute atomic E-state index is 12.1. The average molecular weight is 409 g/mol. The highest BCUT2D eigenvalue weighted by Gasteiger charge is 2.28. The number of ketones is 1. The second-order valence-electron chi connectivity index (χ2n) is 6.96. The normalized spacial score (nSPS) is 16.7. The minimum atomic E-state index is -1.09. The number of aliphatic carboxylic acids is 1. The number of allylic oxidation sites excluding steroid dienone is 5. The van der Waals surface area contributed by atoms with E-state index in [2.05, 4.69) is 0 Å². The van der Waals surface area contributed by atoms with E-state index < -0.39 is 36.6 Å². The first kappa shape index (κ1) is 27.0. The van der Waals surface area contributed by atoms with Crippen molar-refractivity contribution in [1.82, 2.24) is 0 Å². The summed E-state index contributed by atoms with van der Waals surface area (Å²) < 4.78 is 0. The Morgan fingerprint density at radius 2 is 1.59 bits per heavy atom. The fourth-order valence-corrected chi connectivity index (χ4v) is 2.82. The predicted molar refractivity (Wildman–Crippen MR) is 114 cm³/mol. The standard InChI is InChI=1S/C23H36O6/c1-3-4-9-12-19(26)15-16-21(22(27)17-24)20(18(2)25)13-10-7-5-6-8-11-14-23(28)29/h4,6-10,15-16,19-22,24,26-27H,3,5,11-14,17H2,1-2H3,(H,28,29)/b8-6-,9-4-,10-7-,16-15+/t19?,20?,21-,22+/m0/s1. The summed E-state index contributed by atoms with van der Waals surface area (Å²) in [5.74, 6) is -2.05. The van der Waals surface area contributed by atoms with Gasteiger partial charge in [0.25, 0.3) is 0 Å². The fourth-order valence-electron chi connectivity index (χ4n) is 2.82. The smallest absolute Gasteiger partial charge is 0.303 e. The first-order valence-corrected chi connectivity index (χ1v) is 10.2. The lowest BCUT2D eigenvalue weighted by Gasteiger charge is -2.25. The summed E-state index contributed by atoms with van der Waals surface area (Å²) in [6, 6.07) is 0. The number of carboxylic acids is 1. The lowest BCUT2D eigenvalue weighted by atomic mass is 9.82. The molecular formula is C23H36O6. The zero-order valence-electron chi connectivity index (χ0n) is 17.5. The van der Waals surface area contributed by atoms with Gasteiger partial charge in [0.1, 0.15) is 5.78 Å². The topological polar surface area (TPSA) is 115 Å². The van der Waals surface area contributed by atoms with Crippen molar-refractivity contribution < 1.29 is 30.0 Å². The van der Waals surface area contributed by atoms with Gasteiger partial charge in [0.05, 0.1) is 18.8 Å². The maximum Gasteiger partial charge on any atom is 0.303 e. The molecule has 0 spiro atoms. The van der Waals surface area contributed by atoms with E-state index in [4.69, 9.17) is 5.11 Å². The molecule has 0 amide bonds. The molecule has 0 bridgehead atoms. The molecule has 0 aromatic carbocycles. The van der Waals surface area contributed by atoms with E-state index >= 15 is 0 Å². The van der Waals surface area contributed by atoms with Crippen LogP contribution in [0.4, 0.5) is 0 Å². The Bertz CT molecular complexity index is 576. The zero-order valence-corrected chi connectivity index (χ0v) is 17.5. The molecule has 0 aromatic heterocycles. The molecule has 0 rings (SSSR count). The molecule has 0 heterocycles. The van der Waals surface area contributed by atoms with Crippen molar-refractivity contribution in [2.24, 2.45) is 11.8 Å². The van der Waals surface area contributed by atoms with Gasteiger partial charge in [0, 0.05) is 18.3 Å². The molecule has 0 fully saturated rings. The molecule has 0 saturated carbocycles. The van der Waals surface area contributed by atoms with Crippen molar-refractivity contribution in [2.45, 2.75) is 64.6 Å². The van der Waals surface area contributed by atoms with Crippen LogP contribution in [0.5, 0.6) is 0 Å². The van der Waals surface area contributed by atoms with Gasteiger partial charge >= 0.3 is 5.97 Å². The van der Waals surface area contributed by atoms with Gasteiger partial charge in [-0.05, 0) is 39.0 Å². The van der Waals surface area contributed by atoms with E-state index in [1.54, 1.807) is 18.2 Å². The van der Waals surface area contributed by atoms with Crippen LogP contribution in [0.3, 0.4) is 0 Å². The van der Waals surface area contributed by atoms with Crippen molar-refractivity contribution in [3.63, 3.8) is 0 Å². The van der Waals surface area contributed by atoms with Gasteiger partial charge in [0.2, 0.25) is 0 Å². The molecule has 2 unspecified atom stereocenters. The van der Waals surface area contributed by atoms with E-state index in [9.17, 15) is 24.9 Å². The summed E-state index contributed by atoms with van der Waals surface area (Å²) in [5.41, 5.74) is 0. The van der Waals surface area contributed by atoms with Crippen LogP contribution in [-0.4, -0.2) is 51.0 Å². The zero-order chi connectivity index (χ0) is 22.1. The van der Waals surface area contributed by atoms with Crippen LogP contribution in [0.15, 0.2) is 48.6 Å². The van der Waals surface area contributed by atoms with Crippen LogP contribution in [0.25, 0.3) is 0 Å². The third-order valence-electron chi connectivity index (χ3n) is 4.47. The van der Waals surface area contributed by atoms with Crippen molar-refractivity contribution in [3.05, 3.63) is 48.6 Å². The van der Waals surface area contributed by atoms with Gasteiger partial charge < -0.3 is 20.4 Å². The molecule has 0 aliphatic heterocycles. The highest BCUT2D eigenvalue weighted by Crippen LogP contribution is 2.24. The Balaban J connectivity index is 4.90.